The minimum absolute atomic E-state index is 0.140. The third-order valence-corrected chi connectivity index (χ3v) is 3.61. The van der Waals surface area contributed by atoms with Crippen molar-refractivity contribution in [2.45, 2.75) is 25.4 Å². The molecule has 1 aliphatic heterocycles. The molecule has 7 heteroatoms. The number of carbonyl (C=O) groups is 1. The number of nitro groups is 1. The SMILES string of the molecule is CC1(O)CCN(C(=O)c2cc([N+](=O)[O-])ccc2N)CC1. The van der Waals surface area contributed by atoms with E-state index in [0.29, 0.717) is 25.9 Å². The van der Waals surface area contributed by atoms with Gasteiger partial charge in [-0.3, -0.25) is 14.9 Å². The molecule has 0 spiro atoms. The maximum atomic E-state index is 12.3. The molecule has 1 fully saturated rings. The minimum Gasteiger partial charge on any atom is -0.398 e. The Morgan fingerprint density at radius 2 is 2.05 bits per heavy atom. The average Bonchev–Trinajstić information content (AvgIpc) is 2.38. The molecule has 0 saturated carbocycles. The summed E-state index contributed by atoms with van der Waals surface area (Å²) < 4.78 is 0. The Morgan fingerprint density at radius 1 is 1.45 bits per heavy atom. The summed E-state index contributed by atoms with van der Waals surface area (Å²) in [6, 6.07) is 3.84. The number of carbonyl (C=O) groups excluding carboxylic acids is 1. The number of non-ortho nitro benzene ring substituents is 1. The second kappa shape index (κ2) is 5.09. The van der Waals surface area contributed by atoms with Crippen LogP contribution in [0, 0.1) is 10.1 Å². The predicted octanol–water partition coefficient (Wildman–Crippen LogP) is 1.16. The summed E-state index contributed by atoms with van der Waals surface area (Å²) in [7, 11) is 0. The van der Waals surface area contributed by atoms with Crippen LogP contribution in [0.5, 0.6) is 0 Å². The van der Waals surface area contributed by atoms with Crippen molar-refractivity contribution in [3.05, 3.63) is 33.9 Å². The highest BCUT2D eigenvalue weighted by Crippen LogP contribution is 2.25. The maximum Gasteiger partial charge on any atom is 0.270 e. The number of hydrogen-bond donors (Lipinski definition) is 2. The molecule has 108 valence electrons. The quantitative estimate of drug-likeness (QED) is 0.479. The molecule has 0 unspecified atom stereocenters. The first-order valence-electron chi connectivity index (χ1n) is 6.36. The van der Waals surface area contributed by atoms with Gasteiger partial charge in [0.25, 0.3) is 11.6 Å². The van der Waals surface area contributed by atoms with Crippen molar-refractivity contribution in [2.24, 2.45) is 0 Å². The van der Waals surface area contributed by atoms with Crippen molar-refractivity contribution in [1.29, 1.82) is 0 Å². The number of nitro benzene ring substituents is 1. The van der Waals surface area contributed by atoms with E-state index in [-0.39, 0.29) is 22.8 Å². The molecule has 0 radical (unpaired) electrons. The molecule has 1 aliphatic rings. The smallest absolute Gasteiger partial charge is 0.270 e. The number of benzene rings is 1. The van der Waals surface area contributed by atoms with Crippen molar-refractivity contribution in [3.63, 3.8) is 0 Å². The fourth-order valence-electron chi connectivity index (χ4n) is 2.20. The van der Waals surface area contributed by atoms with E-state index >= 15 is 0 Å². The number of hydrogen-bond acceptors (Lipinski definition) is 5. The lowest BCUT2D eigenvalue weighted by Gasteiger charge is -2.35. The fourth-order valence-corrected chi connectivity index (χ4v) is 2.20. The van der Waals surface area contributed by atoms with Crippen molar-refractivity contribution >= 4 is 17.3 Å². The van der Waals surface area contributed by atoms with Crippen LogP contribution in [0.15, 0.2) is 18.2 Å². The summed E-state index contributed by atoms with van der Waals surface area (Å²) in [6.45, 7) is 2.55. The zero-order valence-electron chi connectivity index (χ0n) is 11.2. The first-order valence-corrected chi connectivity index (χ1v) is 6.36. The van der Waals surface area contributed by atoms with Gasteiger partial charge in [-0.15, -0.1) is 0 Å². The van der Waals surface area contributed by atoms with Crippen LogP contribution in [0.2, 0.25) is 0 Å². The van der Waals surface area contributed by atoms with Gasteiger partial charge in [-0.05, 0) is 25.8 Å². The molecular formula is C13H17N3O4. The van der Waals surface area contributed by atoms with Crippen molar-refractivity contribution in [3.8, 4) is 0 Å². The molecule has 1 amide bonds. The lowest BCUT2D eigenvalue weighted by molar-refractivity contribution is -0.384. The number of nitrogen functional groups attached to an aromatic ring is 1. The predicted molar refractivity (Wildman–Crippen MR) is 73.3 cm³/mol. The van der Waals surface area contributed by atoms with E-state index < -0.39 is 10.5 Å². The van der Waals surface area contributed by atoms with Gasteiger partial charge in [0.2, 0.25) is 0 Å². The van der Waals surface area contributed by atoms with Gasteiger partial charge < -0.3 is 15.7 Å². The minimum atomic E-state index is -0.759. The third-order valence-electron chi connectivity index (χ3n) is 3.61. The number of nitrogens with zero attached hydrogens (tertiary/aromatic N) is 2. The molecule has 0 aliphatic carbocycles. The van der Waals surface area contributed by atoms with Crippen LogP contribution in [0.1, 0.15) is 30.1 Å². The number of rotatable bonds is 2. The van der Waals surface area contributed by atoms with E-state index in [4.69, 9.17) is 5.73 Å². The van der Waals surface area contributed by atoms with E-state index in [1.54, 1.807) is 11.8 Å². The Kier molecular flexibility index (Phi) is 3.63. The molecule has 1 heterocycles. The number of likely N-dealkylation sites (tertiary alicyclic amines) is 1. The second-order valence-corrected chi connectivity index (χ2v) is 5.32. The van der Waals surface area contributed by atoms with Crippen LogP contribution in [0.25, 0.3) is 0 Å². The van der Waals surface area contributed by atoms with Gasteiger partial charge in [0.15, 0.2) is 0 Å². The molecule has 2 rings (SSSR count). The Bertz CT molecular complexity index is 547. The molecule has 3 N–H and O–H groups in total. The van der Waals surface area contributed by atoms with Crippen molar-refractivity contribution in [1.82, 2.24) is 4.90 Å². The van der Waals surface area contributed by atoms with Crippen LogP contribution in [0.3, 0.4) is 0 Å². The van der Waals surface area contributed by atoms with E-state index in [1.807, 2.05) is 0 Å². The van der Waals surface area contributed by atoms with Gasteiger partial charge >= 0.3 is 0 Å². The van der Waals surface area contributed by atoms with Crippen molar-refractivity contribution < 1.29 is 14.8 Å². The zero-order chi connectivity index (χ0) is 14.9. The molecule has 7 nitrogen and oxygen atoms in total. The summed E-state index contributed by atoms with van der Waals surface area (Å²) >= 11 is 0. The first kappa shape index (κ1) is 14.3. The van der Waals surface area contributed by atoms with Crippen LogP contribution in [0.4, 0.5) is 11.4 Å². The molecule has 1 saturated heterocycles. The van der Waals surface area contributed by atoms with Gasteiger partial charge in [-0.2, -0.15) is 0 Å². The summed E-state index contributed by atoms with van der Waals surface area (Å²) in [5.41, 5.74) is 5.17. The molecule has 0 aromatic heterocycles. The molecule has 1 aromatic rings. The van der Waals surface area contributed by atoms with Gasteiger partial charge in [0.05, 0.1) is 16.1 Å². The molecular weight excluding hydrogens is 262 g/mol. The van der Waals surface area contributed by atoms with Crippen molar-refractivity contribution in [2.75, 3.05) is 18.8 Å². The highest BCUT2D eigenvalue weighted by Gasteiger charge is 2.31. The van der Waals surface area contributed by atoms with Crippen LogP contribution in [-0.2, 0) is 0 Å². The Morgan fingerprint density at radius 3 is 2.60 bits per heavy atom. The summed E-state index contributed by atoms with van der Waals surface area (Å²) in [5, 5.41) is 20.6. The van der Waals surface area contributed by atoms with Gasteiger partial charge in [0.1, 0.15) is 0 Å². The van der Waals surface area contributed by atoms with E-state index in [0.717, 1.165) is 0 Å². The molecule has 20 heavy (non-hydrogen) atoms. The Balaban J connectivity index is 2.21. The Labute approximate surface area is 116 Å². The van der Waals surface area contributed by atoms with Crippen LogP contribution in [-0.4, -0.2) is 39.5 Å². The topological polar surface area (TPSA) is 110 Å². The summed E-state index contributed by atoms with van der Waals surface area (Å²) in [5.74, 6) is -0.332. The summed E-state index contributed by atoms with van der Waals surface area (Å²) in [4.78, 5) is 24.1. The van der Waals surface area contributed by atoms with E-state index in [2.05, 4.69) is 0 Å². The fraction of sp³-hybridized carbons (Fsp3) is 0.462. The number of nitrogens with two attached hydrogens (primary N) is 1. The lowest BCUT2D eigenvalue weighted by atomic mass is 9.93. The van der Waals surface area contributed by atoms with Crippen LogP contribution >= 0.6 is 0 Å². The zero-order valence-corrected chi connectivity index (χ0v) is 11.2. The molecule has 1 aromatic carbocycles. The van der Waals surface area contributed by atoms with Crippen LogP contribution < -0.4 is 5.73 Å². The lowest BCUT2D eigenvalue weighted by Crippen LogP contribution is -2.45. The largest absolute Gasteiger partial charge is 0.398 e. The summed E-state index contributed by atoms with van der Waals surface area (Å²) in [6.07, 6.45) is 0.959. The number of amides is 1. The standard InChI is InChI=1S/C13H17N3O4/c1-13(18)4-6-15(7-5-13)12(17)10-8-9(16(19)20)2-3-11(10)14/h2-3,8,18H,4-7,14H2,1H3. The normalized spacial score (nSPS) is 17.8. The average molecular weight is 279 g/mol. The van der Waals surface area contributed by atoms with Gasteiger partial charge in [-0.25, -0.2) is 0 Å². The highest BCUT2D eigenvalue weighted by atomic mass is 16.6. The number of anilines is 1. The maximum absolute atomic E-state index is 12.3. The third kappa shape index (κ3) is 2.88. The molecule has 0 bridgehead atoms. The Hall–Kier alpha value is -2.15. The first-order chi connectivity index (χ1) is 9.30. The number of piperidine rings is 1. The van der Waals surface area contributed by atoms with E-state index in [9.17, 15) is 20.0 Å². The second-order valence-electron chi connectivity index (χ2n) is 5.32. The van der Waals surface area contributed by atoms with Gasteiger partial charge in [0, 0.05) is 30.9 Å². The van der Waals surface area contributed by atoms with E-state index in [1.165, 1.54) is 18.2 Å². The monoisotopic (exact) mass is 279 g/mol. The molecule has 0 atom stereocenters. The number of aliphatic hydroxyl groups is 1. The highest BCUT2D eigenvalue weighted by molar-refractivity contribution is 5.99. The van der Waals surface area contributed by atoms with Gasteiger partial charge in [-0.1, -0.05) is 0 Å².